The average Bonchev–Trinajstić information content (AvgIpc) is 3.31. The van der Waals surface area contributed by atoms with Gasteiger partial charge in [0.15, 0.2) is 17.4 Å². The van der Waals surface area contributed by atoms with Crippen LogP contribution in [0, 0.1) is 6.92 Å². The summed E-state index contributed by atoms with van der Waals surface area (Å²) in [6, 6.07) is 7.80. The number of para-hydroxylation sites is 1. The van der Waals surface area contributed by atoms with Crippen LogP contribution in [0.25, 0.3) is 0 Å². The quantitative estimate of drug-likeness (QED) is 0.456. The van der Waals surface area contributed by atoms with E-state index in [1.165, 1.54) is 25.2 Å². The highest BCUT2D eigenvalue weighted by molar-refractivity contribution is 7.83. The number of aliphatic carboxylic acids is 1. The molecule has 11 nitrogen and oxygen atoms in total. The minimum atomic E-state index is -1.86. The number of benzene rings is 1. The van der Waals surface area contributed by atoms with Crippen LogP contribution in [-0.2, 0) is 16.0 Å². The van der Waals surface area contributed by atoms with Crippen LogP contribution < -0.4 is 10.6 Å². The first-order valence-electron chi connectivity index (χ1n) is 9.68. The van der Waals surface area contributed by atoms with E-state index in [0.29, 0.717) is 12.2 Å². The van der Waals surface area contributed by atoms with Gasteiger partial charge in [0, 0.05) is 7.05 Å². The molecule has 32 heavy (non-hydrogen) atoms. The Kier molecular flexibility index (Phi) is 6.93. The van der Waals surface area contributed by atoms with Crippen molar-refractivity contribution in [3.63, 3.8) is 0 Å². The van der Waals surface area contributed by atoms with Gasteiger partial charge in [0.05, 0.1) is 17.3 Å². The summed E-state index contributed by atoms with van der Waals surface area (Å²) in [4.78, 5) is 24.3. The molecular formula is C20H23N5O6S. The van der Waals surface area contributed by atoms with E-state index in [1.54, 1.807) is 0 Å². The normalized spacial score (nSPS) is 16.2. The highest BCUT2D eigenvalue weighted by Gasteiger charge is 2.26. The number of aryl methyl sites for hydroxylation is 1. The van der Waals surface area contributed by atoms with Crippen LogP contribution in [0.3, 0.4) is 0 Å². The monoisotopic (exact) mass is 461 g/mol. The van der Waals surface area contributed by atoms with E-state index >= 15 is 0 Å². The molecule has 0 spiro atoms. The molecule has 12 heteroatoms. The van der Waals surface area contributed by atoms with E-state index in [2.05, 4.69) is 19.4 Å². The number of carbonyl (C=O) groups is 2. The zero-order valence-electron chi connectivity index (χ0n) is 17.7. The lowest BCUT2D eigenvalue weighted by Gasteiger charge is -2.19. The highest BCUT2D eigenvalue weighted by atomic mass is 32.2. The van der Waals surface area contributed by atoms with Gasteiger partial charge in [-0.3, -0.25) is 9.59 Å². The van der Waals surface area contributed by atoms with Gasteiger partial charge < -0.3 is 30.2 Å². The number of anilines is 1. The smallest absolute Gasteiger partial charge is 0.323 e. The summed E-state index contributed by atoms with van der Waals surface area (Å²) in [5, 5.41) is 25.5. The van der Waals surface area contributed by atoms with Crippen LogP contribution in [0.5, 0.6) is 5.75 Å². The molecule has 1 aliphatic rings. The number of amides is 1. The van der Waals surface area contributed by atoms with Crippen molar-refractivity contribution in [2.75, 3.05) is 18.9 Å². The molecule has 2 aromatic rings. The van der Waals surface area contributed by atoms with E-state index in [1.807, 2.05) is 26.0 Å². The standard InChI is InChI=1S/C20H23N5O6S/c1-4-13(15-9-8-11(2)31-15)21-18-19(24-32(30)23-18)22-14-7-5-6-12(17(14)28)20(29)25(3)10-16(26)27/h5-9,13,28H,4,10H2,1-3H3,(H,21,23)(H,22,24)(H,26,27). The van der Waals surface area contributed by atoms with Gasteiger partial charge in [-0.05, 0) is 37.6 Å². The Morgan fingerprint density at radius 2 is 1.94 bits per heavy atom. The average molecular weight is 462 g/mol. The number of likely N-dealkylation sites (N-methyl/N-ethyl adjacent to an activating group) is 1. The summed E-state index contributed by atoms with van der Waals surface area (Å²) in [5.74, 6) is -0.487. The predicted octanol–water partition coefficient (Wildman–Crippen LogP) is 1.99. The van der Waals surface area contributed by atoms with Crippen molar-refractivity contribution in [3.8, 4) is 5.75 Å². The third-order valence-corrected chi connectivity index (χ3v) is 5.30. The van der Waals surface area contributed by atoms with Crippen LogP contribution in [0.4, 0.5) is 5.69 Å². The van der Waals surface area contributed by atoms with Crippen molar-refractivity contribution in [1.29, 1.82) is 0 Å². The van der Waals surface area contributed by atoms with E-state index < -0.39 is 35.3 Å². The molecule has 170 valence electrons. The molecule has 0 saturated carbocycles. The molecule has 1 aromatic heterocycles. The lowest BCUT2D eigenvalue weighted by molar-refractivity contribution is -0.137. The molecule has 2 atom stereocenters. The van der Waals surface area contributed by atoms with E-state index in [0.717, 1.165) is 10.7 Å². The second kappa shape index (κ2) is 9.64. The number of phenols is 1. The van der Waals surface area contributed by atoms with Crippen LogP contribution in [0.2, 0.25) is 0 Å². The largest absolute Gasteiger partial charge is 0.505 e. The van der Waals surface area contributed by atoms with Crippen molar-refractivity contribution in [2.24, 2.45) is 8.80 Å². The number of nitrogens with zero attached hydrogens (tertiary/aromatic N) is 3. The van der Waals surface area contributed by atoms with Gasteiger partial charge >= 0.3 is 5.97 Å². The second-order valence-electron chi connectivity index (χ2n) is 7.05. The van der Waals surface area contributed by atoms with Gasteiger partial charge in [0.2, 0.25) is 0 Å². The number of carboxylic acid groups (broad SMARTS) is 1. The van der Waals surface area contributed by atoms with Gasteiger partial charge in [-0.25, -0.2) is 4.21 Å². The first-order valence-corrected chi connectivity index (χ1v) is 10.7. The number of phenolic OH excluding ortho intramolecular Hbond substituents is 1. The Hall–Kier alpha value is -3.67. The molecule has 4 N–H and O–H groups in total. The first kappa shape index (κ1) is 23.0. The Bertz CT molecular complexity index is 1130. The summed E-state index contributed by atoms with van der Waals surface area (Å²) in [5.41, 5.74) is 0.0241. The van der Waals surface area contributed by atoms with Gasteiger partial charge in [0.25, 0.3) is 17.1 Å². The minimum absolute atomic E-state index is 0.0950. The zero-order chi connectivity index (χ0) is 23.4. The second-order valence-corrected chi connectivity index (χ2v) is 7.87. The molecule has 0 bridgehead atoms. The Morgan fingerprint density at radius 3 is 2.56 bits per heavy atom. The molecule has 0 saturated heterocycles. The molecule has 0 fully saturated rings. The first-order chi connectivity index (χ1) is 15.2. The SMILES string of the molecule is CCC(NC1=NS(=O)N=C1Nc1cccc(C(=O)N(C)CC(=O)O)c1O)c1ccc(C)o1. The lowest BCUT2D eigenvalue weighted by Crippen LogP contribution is -2.36. The molecule has 1 aromatic carbocycles. The molecule has 0 radical (unpaired) electrons. The number of nitrogens with one attached hydrogen (secondary N) is 2. The number of hydrogen-bond acceptors (Lipinski definition) is 7. The number of aromatic hydroxyl groups is 1. The summed E-state index contributed by atoms with van der Waals surface area (Å²) in [6.07, 6.45) is 0.650. The maximum Gasteiger partial charge on any atom is 0.323 e. The number of rotatable bonds is 7. The molecule has 1 amide bonds. The summed E-state index contributed by atoms with van der Waals surface area (Å²) >= 11 is -1.86. The molecule has 3 rings (SSSR count). The lowest BCUT2D eigenvalue weighted by atomic mass is 10.1. The maximum absolute atomic E-state index is 12.5. The van der Waals surface area contributed by atoms with Gasteiger partial charge in [-0.1, -0.05) is 13.0 Å². The zero-order valence-corrected chi connectivity index (χ0v) is 18.5. The number of carboxylic acids is 1. The molecule has 0 aliphatic carbocycles. The fraction of sp³-hybridized carbons (Fsp3) is 0.300. The molecule has 2 unspecified atom stereocenters. The Balaban J connectivity index is 1.81. The summed E-state index contributed by atoms with van der Waals surface area (Å²) < 4.78 is 25.6. The molecular weight excluding hydrogens is 438 g/mol. The van der Waals surface area contributed by atoms with Crippen molar-refractivity contribution in [1.82, 2.24) is 10.2 Å². The van der Waals surface area contributed by atoms with Gasteiger partial charge in [0.1, 0.15) is 18.1 Å². The number of amidine groups is 2. The fourth-order valence-corrected chi connectivity index (χ4v) is 3.67. The van der Waals surface area contributed by atoms with Crippen molar-refractivity contribution >= 4 is 40.4 Å². The van der Waals surface area contributed by atoms with E-state index in [4.69, 9.17) is 9.52 Å². The van der Waals surface area contributed by atoms with Gasteiger partial charge in [-0.15, -0.1) is 8.80 Å². The maximum atomic E-state index is 12.5. The number of carbonyl (C=O) groups excluding carboxylic acids is 1. The predicted molar refractivity (Wildman–Crippen MR) is 119 cm³/mol. The molecule has 1 aliphatic heterocycles. The topological polar surface area (TPSA) is 157 Å². The minimum Gasteiger partial charge on any atom is -0.505 e. The van der Waals surface area contributed by atoms with Crippen LogP contribution in [0.15, 0.2) is 43.5 Å². The fourth-order valence-electron chi connectivity index (χ4n) is 3.04. The van der Waals surface area contributed by atoms with E-state index in [-0.39, 0.29) is 29.0 Å². The summed E-state index contributed by atoms with van der Waals surface area (Å²) in [7, 11) is 1.32. The van der Waals surface area contributed by atoms with Crippen LogP contribution in [-0.4, -0.2) is 56.5 Å². The van der Waals surface area contributed by atoms with Crippen molar-refractivity contribution < 1.29 is 28.4 Å². The van der Waals surface area contributed by atoms with Crippen molar-refractivity contribution in [3.05, 3.63) is 47.4 Å². The third kappa shape index (κ3) is 5.14. The van der Waals surface area contributed by atoms with Crippen LogP contribution >= 0.6 is 0 Å². The Labute approximate surface area is 186 Å². The highest BCUT2D eigenvalue weighted by Crippen LogP contribution is 2.29. The third-order valence-electron chi connectivity index (χ3n) is 4.63. The Morgan fingerprint density at radius 1 is 1.22 bits per heavy atom. The van der Waals surface area contributed by atoms with E-state index in [9.17, 15) is 18.9 Å². The van der Waals surface area contributed by atoms with Gasteiger partial charge in [-0.2, -0.15) is 0 Å². The summed E-state index contributed by atoms with van der Waals surface area (Å²) in [6.45, 7) is 3.26. The number of furan rings is 1. The number of hydrogen-bond donors (Lipinski definition) is 4. The van der Waals surface area contributed by atoms with Crippen LogP contribution in [0.1, 0.15) is 41.3 Å². The van der Waals surface area contributed by atoms with Crippen molar-refractivity contribution in [2.45, 2.75) is 26.3 Å². The molecule has 2 heterocycles.